The largest absolute Gasteiger partial charge is 0.476 e. The molecule has 2 aromatic heterocycles. The lowest BCUT2D eigenvalue weighted by molar-refractivity contribution is -0.137. The summed E-state index contributed by atoms with van der Waals surface area (Å²) in [5, 5.41) is 7.17. The third kappa shape index (κ3) is 6.45. The minimum atomic E-state index is -4.43. The van der Waals surface area contributed by atoms with Crippen LogP contribution < -0.4 is 15.0 Å². The molecule has 1 fully saturated rings. The molecule has 3 rings (SSSR count). The van der Waals surface area contributed by atoms with E-state index in [-0.39, 0.29) is 48.9 Å². The number of guanidine groups is 1. The van der Waals surface area contributed by atoms with Crippen molar-refractivity contribution in [2.75, 3.05) is 44.7 Å². The standard InChI is InChI=1S/C18H22F3N7O2.HI/c1-22-17(23-5-8-30-15-4-3-13(9-24-15)18(19,20)21)27-6-7-28(16(29)12-27)14-10-25-26(2)11-14;/h3-4,9-11H,5-8,12H2,1-2H3,(H,22,23);1H. The minimum absolute atomic E-state index is 0. The van der Waals surface area contributed by atoms with E-state index in [4.69, 9.17) is 4.74 Å². The summed E-state index contributed by atoms with van der Waals surface area (Å²) in [4.78, 5) is 23.8. The number of aromatic nitrogens is 3. The maximum absolute atomic E-state index is 12.5. The molecule has 0 radical (unpaired) electrons. The van der Waals surface area contributed by atoms with Crippen LogP contribution in [0.1, 0.15) is 5.56 Å². The van der Waals surface area contributed by atoms with Crippen LogP contribution in [-0.4, -0.2) is 71.4 Å². The predicted octanol–water partition coefficient (Wildman–Crippen LogP) is 1.75. The van der Waals surface area contributed by atoms with Gasteiger partial charge in [-0.05, 0) is 6.07 Å². The number of alkyl halides is 3. The number of nitrogens with zero attached hydrogens (tertiary/aromatic N) is 6. The molecule has 0 atom stereocenters. The van der Waals surface area contributed by atoms with Gasteiger partial charge < -0.3 is 19.9 Å². The molecule has 13 heteroatoms. The number of carbonyl (C=O) groups excluding carboxylic acids is 1. The zero-order valence-corrected chi connectivity index (χ0v) is 19.3. The molecule has 170 valence electrons. The van der Waals surface area contributed by atoms with Crippen molar-refractivity contribution in [3.8, 4) is 5.88 Å². The SMILES string of the molecule is CN=C(NCCOc1ccc(C(F)(F)F)cn1)N1CCN(c2cnn(C)c2)C(=O)C1.I. The number of anilines is 1. The Labute approximate surface area is 194 Å². The molecule has 1 aliphatic heterocycles. The van der Waals surface area contributed by atoms with E-state index in [0.717, 1.165) is 18.0 Å². The van der Waals surface area contributed by atoms with Gasteiger partial charge in [0.1, 0.15) is 13.2 Å². The molecule has 0 aromatic carbocycles. The number of pyridine rings is 1. The fourth-order valence-corrected chi connectivity index (χ4v) is 2.96. The number of ether oxygens (including phenoxy) is 1. The lowest BCUT2D eigenvalue weighted by Gasteiger charge is -2.35. The molecule has 0 bridgehead atoms. The lowest BCUT2D eigenvalue weighted by atomic mass is 10.3. The van der Waals surface area contributed by atoms with Crippen LogP contribution in [0.2, 0.25) is 0 Å². The Balaban J connectivity index is 0.00000341. The number of hydrogen-bond donors (Lipinski definition) is 1. The summed E-state index contributed by atoms with van der Waals surface area (Å²) in [6.45, 7) is 1.75. The van der Waals surface area contributed by atoms with Crippen molar-refractivity contribution in [1.82, 2.24) is 25.0 Å². The number of piperazine rings is 1. The number of aliphatic imine (C=N–C) groups is 1. The van der Waals surface area contributed by atoms with Gasteiger partial charge >= 0.3 is 6.18 Å². The first kappa shape index (κ1) is 24.7. The Morgan fingerprint density at radius 2 is 2.06 bits per heavy atom. The van der Waals surface area contributed by atoms with Gasteiger partial charge in [-0.25, -0.2) is 4.98 Å². The number of carbonyl (C=O) groups is 1. The Morgan fingerprint density at radius 3 is 2.61 bits per heavy atom. The van der Waals surface area contributed by atoms with Crippen LogP contribution in [0.25, 0.3) is 0 Å². The average molecular weight is 553 g/mol. The highest BCUT2D eigenvalue weighted by Crippen LogP contribution is 2.29. The molecular weight excluding hydrogens is 530 g/mol. The molecular formula is C18H23F3IN7O2. The van der Waals surface area contributed by atoms with Gasteiger partial charge in [0.15, 0.2) is 5.96 Å². The average Bonchev–Trinajstić information content (AvgIpc) is 3.13. The molecule has 0 spiro atoms. The fourth-order valence-electron chi connectivity index (χ4n) is 2.96. The molecule has 1 N–H and O–H groups in total. The third-order valence-corrected chi connectivity index (χ3v) is 4.43. The molecule has 0 aliphatic carbocycles. The molecule has 1 amide bonds. The van der Waals surface area contributed by atoms with Crippen molar-refractivity contribution in [3.63, 3.8) is 0 Å². The summed E-state index contributed by atoms with van der Waals surface area (Å²) in [7, 11) is 3.40. The number of rotatable bonds is 5. The highest BCUT2D eigenvalue weighted by Gasteiger charge is 2.31. The van der Waals surface area contributed by atoms with Gasteiger partial charge in [-0.15, -0.1) is 24.0 Å². The monoisotopic (exact) mass is 553 g/mol. The minimum Gasteiger partial charge on any atom is -0.476 e. The maximum atomic E-state index is 12.5. The summed E-state index contributed by atoms with van der Waals surface area (Å²) >= 11 is 0. The Bertz CT molecular complexity index is 902. The fraction of sp³-hybridized carbons (Fsp3) is 0.444. The van der Waals surface area contributed by atoms with Gasteiger partial charge in [0.2, 0.25) is 11.8 Å². The van der Waals surface area contributed by atoms with E-state index in [9.17, 15) is 18.0 Å². The van der Waals surface area contributed by atoms with Crippen LogP contribution >= 0.6 is 24.0 Å². The lowest BCUT2D eigenvalue weighted by Crippen LogP contribution is -2.55. The quantitative estimate of drug-likeness (QED) is 0.263. The zero-order valence-electron chi connectivity index (χ0n) is 17.0. The highest BCUT2D eigenvalue weighted by atomic mass is 127. The van der Waals surface area contributed by atoms with Crippen LogP contribution in [0.5, 0.6) is 5.88 Å². The summed E-state index contributed by atoms with van der Waals surface area (Å²) in [6.07, 6.45) is -0.270. The number of hydrogen-bond acceptors (Lipinski definition) is 5. The van der Waals surface area contributed by atoms with Crippen LogP contribution in [0.15, 0.2) is 35.7 Å². The van der Waals surface area contributed by atoms with Crippen molar-refractivity contribution in [1.29, 1.82) is 0 Å². The normalized spacial score (nSPS) is 15.0. The molecule has 2 aromatic rings. The van der Waals surface area contributed by atoms with E-state index >= 15 is 0 Å². The molecule has 3 heterocycles. The van der Waals surface area contributed by atoms with Crippen molar-refractivity contribution in [2.24, 2.45) is 12.0 Å². The van der Waals surface area contributed by atoms with E-state index in [0.29, 0.717) is 25.6 Å². The van der Waals surface area contributed by atoms with Crippen LogP contribution in [0.4, 0.5) is 18.9 Å². The number of amides is 1. The van der Waals surface area contributed by atoms with Gasteiger partial charge in [-0.2, -0.15) is 18.3 Å². The molecule has 0 saturated carbocycles. The smallest absolute Gasteiger partial charge is 0.417 e. The first-order chi connectivity index (χ1) is 14.3. The van der Waals surface area contributed by atoms with Gasteiger partial charge in [-0.1, -0.05) is 0 Å². The van der Waals surface area contributed by atoms with Crippen LogP contribution in [0.3, 0.4) is 0 Å². The third-order valence-electron chi connectivity index (χ3n) is 4.43. The molecule has 0 unspecified atom stereocenters. The van der Waals surface area contributed by atoms with Gasteiger partial charge in [0.05, 0.1) is 24.0 Å². The second-order valence-electron chi connectivity index (χ2n) is 6.54. The van der Waals surface area contributed by atoms with Crippen LogP contribution in [0, 0.1) is 0 Å². The highest BCUT2D eigenvalue weighted by molar-refractivity contribution is 14.0. The van der Waals surface area contributed by atoms with Gasteiger partial charge in [0, 0.05) is 45.6 Å². The summed E-state index contributed by atoms with van der Waals surface area (Å²) in [5.41, 5.74) is -0.0778. The number of halogens is 4. The predicted molar refractivity (Wildman–Crippen MR) is 119 cm³/mol. The van der Waals surface area contributed by atoms with E-state index in [1.165, 1.54) is 6.07 Å². The van der Waals surface area contributed by atoms with E-state index < -0.39 is 11.7 Å². The van der Waals surface area contributed by atoms with Crippen molar-refractivity contribution >= 4 is 41.5 Å². The Hall–Kier alpha value is -2.58. The maximum Gasteiger partial charge on any atom is 0.417 e. The Kier molecular flexibility index (Phi) is 8.47. The summed E-state index contributed by atoms with van der Waals surface area (Å²) < 4.78 is 44.6. The van der Waals surface area contributed by atoms with Gasteiger partial charge in [-0.3, -0.25) is 14.5 Å². The second kappa shape index (κ2) is 10.6. The number of aryl methyl sites for hydroxylation is 1. The summed E-state index contributed by atoms with van der Waals surface area (Å²) in [6, 6.07) is 2.09. The van der Waals surface area contributed by atoms with Crippen LogP contribution in [-0.2, 0) is 18.0 Å². The molecule has 9 nitrogen and oxygen atoms in total. The van der Waals surface area contributed by atoms with E-state index in [1.54, 1.807) is 36.1 Å². The first-order valence-electron chi connectivity index (χ1n) is 9.18. The van der Waals surface area contributed by atoms with Gasteiger partial charge in [0.25, 0.3) is 0 Å². The van der Waals surface area contributed by atoms with Crippen molar-refractivity contribution < 1.29 is 22.7 Å². The Morgan fingerprint density at radius 1 is 1.29 bits per heavy atom. The van der Waals surface area contributed by atoms with E-state index in [1.807, 2.05) is 4.90 Å². The number of nitrogens with one attached hydrogen (secondary N) is 1. The summed E-state index contributed by atoms with van der Waals surface area (Å²) in [5.74, 6) is 0.570. The van der Waals surface area contributed by atoms with Crippen molar-refractivity contribution in [3.05, 3.63) is 36.3 Å². The zero-order chi connectivity index (χ0) is 21.7. The molecule has 1 aliphatic rings. The van der Waals surface area contributed by atoms with E-state index in [2.05, 4.69) is 20.4 Å². The molecule has 1 saturated heterocycles. The first-order valence-corrected chi connectivity index (χ1v) is 9.18. The van der Waals surface area contributed by atoms with Crippen molar-refractivity contribution in [2.45, 2.75) is 6.18 Å². The molecule has 31 heavy (non-hydrogen) atoms. The second-order valence-corrected chi connectivity index (χ2v) is 6.54. The topological polar surface area (TPSA) is 87.9 Å².